The van der Waals surface area contributed by atoms with Gasteiger partial charge in [0.05, 0.1) is 16.9 Å². The molecular formula is C31H24FN3O2. The highest BCUT2D eigenvalue weighted by Crippen LogP contribution is 2.35. The first-order valence-electron chi connectivity index (χ1n) is 11.8. The number of carboxylic acids is 1. The van der Waals surface area contributed by atoms with Gasteiger partial charge in [-0.15, -0.1) is 0 Å². The van der Waals surface area contributed by atoms with Gasteiger partial charge in [-0.05, 0) is 53.4 Å². The van der Waals surface area contributed by atoms with Crippen LogP contribution in [0.2, 0.25) is 0 Å². The summed E-state index contributed by atoms with van der Waals surface area (Å²) in [6.45, 7) is 1.50. The lowest BCUT2D eigenvalue weighted by Crippen LogP contribution is -2.26. The Hall–Kier alpha value is -4.84. The number of hydrogen-bond acceptors (Lipinski definition) is 4. The average Bonchev–Trinajstić information content (AvgIpc) is 2.93. The fourth-order valence-electron chi connectivity index (χ4n) is 4.37. The summed E-state index contributed by atoms with van der Waals surface area (Å²) in [6.07, 6.45) is 1.13. The zero-order chi connectivity index (χ0) is 25.9. The monoisotopic (exact) mass is 489 g/mol. The number of hydrogen-bond donors (Lipinski definition) is 3. The summed E-state index contributed by atoms with van der Waals surface area (Å²) < 4.78 is 14.1. The van der Waals surface area contributed by atoms with Crippen molar-refractivity contribution in [2.45, 2.75) is 13.0 Å². The van der Waals surface area contributed by atoms with Crippen LogP contribution in [0.15, 0.2) is 97.1 Å². The maximum atomic E-state index is 14.1. The predicted octanol–water partition coefficient (Wildman–Crippen LogP) is 7.26. The van der Waals surface area contributed by atoms with Crippen molar-refractivity contribution in [3.63, 3.8) is 0 Å². The zero-order valence-electron chi connectivity index (χ0n) is 20.1. The molecule has 0 aliphatic heterocycles. The van der Waals surface area contributed by atoms with Gasteiger partial charge in [0.15, 0.2) is 0 Å². The van der Waals surface area contributed by atoms with E-state index in [0.717, 1.165) is 34.0 Å². The fraction of sp³-hybridized carbons (Fsp3) is 0.0645. The Balaban J connectivity index is 1.58. The normalized spacial score (nSPS) is 11.7. The Labute approximate surface area is 213 Å². The lowest BCUT2D eigenvalue weighted by molar-refractivity contribution is -0.137. The van der Waals surface area contributed by atoms with Crippen LogP contribution in [0.5, 0.6) is 0 Å². The first-order valence-corrected chi connectivity index (χ1v) is 11.8. The van der Waals surface area contributed by atoms with Crippen molar-refractivity contribution in [1.82, 2.24) is 4.98 Å². The number of carbonyl (C=O) groups is 1. The number of aromatic nitrogens is 1. The summed E-state index contributed by atoms with van der Waals surface area (Å²) >= 11 is 0. The van der Waals surface area contributed by atoms with Gasteiger partial charge in [0.2, 0.25) is 0 Å². The molecule has 37 heavy (non-hydrogen) atoms. The molecule has 3 N–H and O–H groups in total. The molecule has 5 rings (SSSR count). The highest BCUT2D eigenvalue weighted by atomic mass is 19.1. The first kappa shape index (κ1) is 23.9. The molecule has 6 heteroatoms. The molecule has 5 aromatic rings. The lowest BCUT2D eigenvalue weighted by Gasteiger charge is -2.19. The summed E-state index contributed by atoms with van der Waals surface area (Å²) in [5.41, 5.74) is 6.90. The number of fused-ring (bicyclic) bond motifs is 1. The topological polar surface area (TPSA) is 86.1 Å². The van der Waals surface area contributed by atoms with Crippen molar-refractivity contribution in [3.8, 4) is 33.5 Å². The summed E-state index contributed by atoms with van der Waals surface area (Å²) in [5, 5.41) is 20.9. The van der Waals surface area contributed by atoms with Gasteiger partial charge in [-0.25, -0.2) is 9.37 Å². The van der Waals surface area contributed by atoms with Crippen LogP contribution in [0.4, 0.5) is 10.1 Å². The minimum atomic E-state index is -1.05. The number of anilines is 1. The summed E-state index contributed by atoms with van der Waals surface area (Å²) in [7, 11) is 0. The number of carboxylic acid groups (broad SMARTS) is 1. The minimum Gasteiger partial charge on any atom is -0.480 e. The molecule has 182 valence electrons. The number of pyridine rings is 1. The van der Waals surface area contributed by atoms with Crippen LogP contribution in [0.3, 0.4) is 0 Å². The molecule has 0 bridgehead atoms. The van der Waals surface area contributed by atoms with Crippen LogP contribution in [-0.2, 0) is 4.79 Å². The fourth-order valence-corrected chi connectivity index (χ4v) is 4.37. The largest absolute Gasteiger partial charge is 0.480 e. The van der Waals surface area contributed by atoms with Gasteiger partial charge >= 0.3 is 5.97 Å². The number of nitrogens with one attached hydrogen (secondary N) is 2. The number of nitrogens with zero attached hydrogens (tertiary/aromatic N) is 1. The Kier molecular flexibility index (Phi) is 6.47. The maximum absolute atomic E-state index is 14.1. The Bertz CT molecular complexity index is 1620. The molecule has 4 aromatic carbocycles. The van der Waals surface area contributed by atoms with E-state index in [4.69, 9.17) is 10.4 Å². The Morgan fingerprint density at radius 1 is 0.865 bits per heavy atom. The summed E-state index contributed by atoms with van der Waals surface area (Å²) in [4.78, 5) is 16.3. The molecule has 0 aliphatic carbocycles. The van der Waals surface area contributed by atoms with E-state index < -0.39 is 17.8 Å². The van der Waals surface area contributed by atoms with Crippen molar-refractivity contribution in [3.05, 3.63) is 108 Å². The van der Waals surface area contributed by atoms with Gasteiger partial charge in [-0.1, -0.05) is 72.8 Å². The van der Waals surface area contributed by atoms with Crippen molar-refractivity contribution in [2.24, 2.45) is 0 Å². The quantitative estimate of drug-likeness (QED) is 0.210. The van der Waals surface area contributed by atoms with Crippen LogP contribution in [-0.4, -0.2) is 28.3 Å². The molecule has 0 saturated carbocycles. The number of benzene rings is 4. The molecule has 0 saturated heterocycles. The van der Waals surface area contributed by atoms with E-state index in [1.807, 2.05) is 48.5 Å². The third-order valence-electron chi connectivity index (χ3n) is 6.32. The molecular weight excluding hydrogens is 465 g/mol. The molecule has 0 amide bonds. The first-order chi connectivity index (χ1) is 17.9. The van der Waals surface area contributed by atoms with E-state index in [1.54, 1.807) is 6.07 Å². The van der Waals surface area contributed by atoms with E-state index in [2.05, 4.69) is 35.6 Å². The van der Waals surface area contributed by atoms with Crippen LogP contribution in [0.25, 0.3) is 44.4 Å². The van der Waals surface area contributed by atoms with Crippen LogP contribution >= 0.6 is 0 Å². The third kappa shape index (κ3) is 4.82. The van der Waals surface area contributed by atoms with Crippen LogP contribution in [0.1, 0.15) is 12.5 Å². The molecule has 1 atom stereocenters. The molecule has 1 aromatic heterocycles. The van der Waals surface area contributed by atoms with E-state index in [-0.39, 0.29) is 0 Å². The zero-order valence-corrected chi connectivity index (χ0v) is 20.1. The van der Waals surface area contributed by atoms with Gasteiger partial charge in [-0.2, -0.15) is 0 Å². The molecule has 1 heterocycles. The second-order valence-corrected chi connectivity index (χ2v) is 8.78. The van der Waals surface area contributed by atoms with E-state index in [1.165, 1.54) is 19.1 Å². The van der Waals surface area contributed by atoms with Crippen molar-refractivity contribution < 1.29 is 14.3 Å². The summed E-state index contributed by atoms with van der Waals surface area (Å²) in [5.74, 6) is -1.52. The third-order valence-corrected chi connectivity index (χ3v) is 6.32. The molecule has 1 unspecified atom stereocenters. The molecule has 0 fully saturated rings. The Morgan fingerprint density at radius 2 is 1.49 bits per heavy atom. The SMILES string of the molecule is CC(Nc1c(C=N)c(-c2ccc(-c3cccc(-c4ccccc4)c3)cc2)nc2ccc(F)cc12)C(=O)O. The van der Waals surface area contributed by atoms with Crippen LogP contribution < -0.4 is 5.32 Å². The molecule has 0 aliphatic rings. The van der Waals surface area contributed by atoms with Gasteiger partial charge < -0.3 is 15.8 Å². The van der Waals surface area contributed by atoms with Gasteiger partial charge in [0, 0.05) is 22.7 Å². The molecule has 0 radical (unpaired) electrons. The van der Waals surface area contributed by atoms with Gasteiger partial charge in [0.25, 0.3) is 0 Å². The van der Waals surface area contributed by atoms with Gasteiger partial charge in [0.1, 0.15) is 11.9 Å². The van der Waals surface area contributed by atoms with E-state index in [0.29, 0.717) is 27.8 Å². The number of rotatable bonds is 7. The highest BCUT2D eigenvalue weighted by molar-refractivity contribution is 6.06. The second kappa shape index (κ2) is 10.0. The Morgan fingerprint density at radius 3 is 2.14 bits per heavy atom. The standard InChI is InChI=1S/C31H24FN3O2/c1-19(31(36)37)34-30-26-17-25(32)14-15-28(26)35-29(27(30)18-33)22-12-10-21(11-13-22)24-9-5-8-23(16-24)20-6-3-2-4-7-20/h2-19,33H,1H3,(H,34,35)(H,36,37). The van der Waals surface area contributed by atoms with Crippen molar-refractivity contribution >= 4 is 28.8 Å². The smallest absolute Gasteiger partial charge is 0.325 e. The van der Waals surface area contributed by atoms with E-state index in [9.17, 15) is 14.3 Å². The maximum Gasteiger partial charge on any atom is 0.325 e. The highest BCUT2D eigenvalue weighted by Gasteiger charge is 2.20. The lowest BCUT2D eigenvalue weighted by atomic mass is 9.96. The molecule has 5 nitrogen and oxygen atoms in total. The predicted molar refractivity (Wildman–Crippen MR) is 147 cm³/mol. The van der Waals surface area contributed by atoms with E-state index >= 15 is 0 Å². The molecule has 0 spiro atoms. The summed E-state index contributed by atoms with van der Waals surface area (Å²) in [6, 6.07) is 29.6. The minimum absolute atomic E-state index is 0.365. The van der Waals surface area contributed by atoms with Crippen molar-refractivity contribution in [1.29, 1.82) is 5.41 Å². The van der Waals surface area contributed by atoms with Crippen LogP contribution in [0, 0.1) is 11.2 Å². The number of halogens is 1. The average molecular weight is 490 g/mol. The number of aliphatic carboxylic acids is 1. The van der Waals surface area contributed by atoms with Gasteiger partial charge in [-0.3, -0.25) is 4.79 Å². The van der Waals surface area contributed by atoms with Crippen molar-refractivity contribution in [2.75, 3.05) is 5.32 Å². The second-order valence-electron chi connectivity index (χ2n) is 8.78.